The normalized spacial score (nSPS) is 11.1. The van der Waals surface area contributed by atoms with Gasteiger partial charge in [0, 0.05) is 10.1 Å². The van der Waals surface area contributed by atoms with E-state index in [-0.39, 0.29) is 13.0 Å². The van der Waals surface area contributed by atoms with Gasteiger partial charge in [0.1, 0.15) is 0 Å². The summed E-state index contributed by atoms with van der Waals surface area (Å²) >= 11 is 2.05. The Morgan fingerprint density at radius 3 is 2.30 bits per heavy atom. The summed E-state index contributed by atoms with van der Waals surface area (Å²) in [4.78, 5) is 10.7. The lowest BCUT2D eigenvalue weighted by atomic mass is 10.1. The average molecular weight is 403 g/mol. The Bertz CT molecular complexity index is 492. The van der Waals surface area contributed by atoms with Crippen molar-refractivity contribution in [2.75, 3.05) is 20.8 Å². The van der Waals surface area contributed by atoms with Gasteiger partial charge in [-0.15, -0.1) is 0 Å². The predicted molar refractivity (Wildman–Crippen MR) is 75.0 cm³/mol. The van der Waals surface area contributed by atoms with Crippen molar-refractivity contribution >= 4 is 28.5 Å². The first-order valence-corrected chi connectivity index (χ1v) is 6.63. The van der Waals surface area contributed by atoms with Gasteiger partial charge >= 0.3 is 12.1 Å². The van der Waals surface area contributed by atoms with E-state index >= 15 is 0 Å². The molecule has 0 aliphatic rings. The van der Waals surface area contributed by atoms with Gasteiger partial charge in [-0.1, -0.05) is 0 Å². The van der Waals surface area contributed by atoms with Crippen LogP contribution in [0.1, 0.15) is 5.56 Å². The van der Waals surface area contributed by atoms with Crippen molar-refractivity contribution in [3.63, 3.8) is 0 Å². The molecule has 0 fully saturated rings. The first kappa shape index (κ1) is 16.9. The zero-order chi connectivity index (χ0) is 15.3. The lowest BCUT2D eigenvalue weighted by Crippen LogP contribution is -2.37. The minimum absolute atomic E-state index is 0.107. The molecule has 4 nitrogen and oxygen atoms in total. The molecule has 0 radical (unpaired) electrons. The number of alkyl halides is 3. The zero-order valence-electron chi connectivity index (χ0n) is 10.8. The quantitative estimate of drug-likeness (QED) is 0.769. The predicted octanol–water partition coefficient (Wildman–Crippen LogP) is 2.53. The first-order valence-electron chi connectivity index (χ1n) is 5.55. The fraction of sp³-hybridized carbons (Fsp3) is 0.417. The largest absolute Gasteiger partial charge is 0.493 e. The number of benzene rings is 1. The average Bonchev–Trinajstić information content (AvgIpc) is 2.38. The number of hydrogen-bond donors (Lipinski definition) is 1. The summed E-state index contributed by atoms with van der Waals surface area (Å²) in [6.07, 6.45) is -4.59. The molecule has 112 valence electrons. The van der Waals surface area contributed by atoms with Gasteiger partial charge in [-0.3, -0.25) is 4.79 Å². The number of carbonyl (C=O) groups is 1. The maximum Gasteiger partial charge on any atom is 0.471 e. The SMILES string of the molecule is COc1cc(I)c(CCNC(=O)C(F)(F)F)cc1OC. The first-order chi connectivity index (χ1) is 9.29. The molecule has 1 aromatic rings. The standard InChI is InChI=1S/C12H13F3INO3/c1-19-9-5-7(8(16)6-10(9)20-2)3-4-17-11(18)12(13,14)15/h5-6H,3-4H2,1-2H3,(H,17,18). The van der Waals surface area contributed by atoms with Crippen molar-refractivity contribution in [3.05, 3.63) is 21.3 Å². The molecule has 0 saturated heterocycles. The van der Waals surface area contributed by atoms with Crippen molar-refractivity contribution in [1.29, 1.82) is 0 Å². The van der Waals surface area contributed by atoms with Crippen molar-refractivity contribution < 1.29 is 27.4 Å². The fourth-order valence-electron chi connectivity index (χ4n) is 1.50. The monoisotopic (exact) mass is 403 g/mol. The van der Waals surface area contributed by atoms with E-state index in [1.165, 1.54) is 14.2 Å². The molecule has 20 heavy (non-hydrogen) atoms. The summed E-state index contributed by atoms with van der Waals surface area (Å²) in [6, 6.07) is 3.40. The number of methoxy groups -OCH3 is 2. The Balaban J connectivity index is 2.71. The summed E-state index contributed by atoms with van der Waals surface area (Å²) in [7, 11) is 2.97. The van der Waals surface area contributed by atoms with Crippen LogP contribution in [0.2, 0.25) is 0 Å². The van der Waals surface area contributed by atoms with Gasteiger partial charge in [-0.05, 0) is 46.7 Å². The molecule has 0 aliphatic carbocycles. The van der Waals surface area contributed by atoms with Crippen LogP contribution in [0.15, 0.2) is 12.1 Å². The van der Waals surface area contributed by atoms with Crippen LogP contribution in [0.25, 0.3) is 0 Å². The third kappa shape index (κ3) is 4.43. The smallest absolute Gasteiger partial charge is 0.471 e. The summed E-state index contributed by atoms with van der Waals surface area (Å²) < 4.78 is 47.1. The Kier molecular flexibility index (Phi) is 5.90. The number of halogens is 4. The third-order valence-corrected chi connectivity index (χ3v) is 3.49. The molecular formula is C12H13F3INO3. The van der Waals surface area contributed by atoms with Crippen LogP contribution >= 0.6 is 22.6 Å². The second-order valence-corrected chi connectivity index (χ2v) is 4.96. The number of carbonyl (C=O) groups excluding carboxylic acids is 1. The molecule has 8 heteroatoms. The summed E-state index contributed by atoms with van der Waals surface area (Å²) in [5, 5.41) is 1.83. The van der Waals surface area contributed by atoms with Crippen molar-refractivity contribution in [1.82, 2.24) is 5.32 Å². The van der Waals surface area contributed by atoms with Crippen molar-refractivity contribution in [3.8, 4) is 11.5 Å². The van der Waals surface area contributed by atoms with E-state index in [9.17, 15) is 18.0 Å². The summed E-state index contributed by atoms with van der Waals surface area (Å²) in [6.45, 7) is -0.107. The van der Waals surface area contributed by atoms with Crippen LogP contribution in [-0.4, -0.2) is 32.8 Å². The molecule has 0 heterocycles. The molecule has 0 bridgehead atoms. The van der Waals surface area contributed by atoms with Gasteiger partial charge in [-0.2, -0.15) is 13.2 Å². The number of nitrogens with one attached hydrogen (secondary N) is 1. The Morgan fingerprint density at radius 2 is 1.80 bits per heavy atom. The molecule has 0 atom stereocenters. The maximum absolute atomic E-state index is 12.0. The van der Waals surface area contributed by atoms with E-state index in [0.717, 1.165) is 9.13 Å². The highest BCUT2D eigenvalue weighted by molar-refractivity contribution is 14.1. The molecule has 1 rings (SSSR count). The van der Waals surface area contributed by atoms with Gasteiger partial charge in [0.15, 0.2) is 11.5 Å². The van der Waals surface area contributed by atoms with Crippen LogP contribution in [0.3, 0.4) is 0 Å². The van der Waals surface area contributed by atoms with Crippen LogP contribution in [0, 0.1) is 3.57 Å². The lowest BCUT2D eigenvalue weighted by Gasteiger charge is -2.12. The van der Waals surface area contributed by atoms with Gasteiger partial charge in [0.05, 0.1) is 14.2 Å². The van der Waals surface area contributed by atoms with E-state index in [1.54, 1.807) is 12.1 Å². The van der Waals surface area contributed by atoms with Crippen LogP contribution in [0.4, 0.5) is 13.2 Å². The number of amides is 1. The summed E-state index contributed by atoms with van der Waals surface area (Å²) in [5.74, 6) is -0.905. The second kappa shape index (κ2) is 7.00. The van der Waals surface area contributed by atoms with E-state index in [1.807, 2.05) is 27.9 Å². The molecule has 0 spiro atoms. The molecule has 0 aliphatic heterocycles. The fourth-order valence-corrected chi connectivity index (χ4v) is 2.21. The van der Waals surface area contributed by atoms with E-state index in [0.29, 0.717) is 11.5 Å². The topological polar surface area (TPSA) is 47.6 Å². The highest BCUT2D eigenvalue weighted by Crippen LogP contribution is 2.31. The lowest BCUT2D eigenvalue weighted by molar-refractivity contribution is -0.173. The maximum atomic E-state index is 12.0. The molecule has 0 aromatic heterocycles. The summed E-state index contributed by atoms with van der Waals surface area (Å²) in [5.41, 5.74) is 0.769. The Labute approximate surface area is 127 Å². The molecule has 1 N–H and O–H groups in total. The molecular weight excluding hydrogens is 390 g/mol. The van der Waals surface area contributed by atoms with Crippen molar-refractivity contribution in [2.45, 2.75) is 12.6 Å². The van der Waals surface area contributed by atoms with Gasteiger partial charge < -0.3 is 14.8 Å². The van der Waals surface area contributed by atoms with E-state index in [2.05, 4.69) is 0 Å². The van der Waals surface area contributed by atoms with Crippen molar-refractivity contribution in [2.24, 2.45) is 0 Å². The molecule has 1 amide bonds. The van der Waals surface area contributed by atoms with Crippen LogP contribution < -0.4 is 14.8 Å². The van der Waals surface area contributed by atoms with E-state index in [4.69, 9.17) is 9.47 Å². The number of hydrogen-bond acceptors (Lipinski definition) is 3. The molecule has 0 saturated carbocycles. The molecule has 1 aromatic carbocycles. The van der Waals surface area contributed by atoms with Gasteiger partial charge in [-0.25, -0.2) is 0 Å². The van der Waals surface area contributed by atoms with E-state index < -0.39 is 12.1 Å². The zero-order valence-corrected chi connectivity index (χ0v) is 13.0. The highest BCUT2D eigenvalue weighted by atomic mass is 127. The highest BCUT2D eigenvalue weighted by Gasteiger charge is 2.38. The second-order valence-electron chi connectivity index (χ2n) is 3.80. The Hall–Kier alpha value is -1.19. The number of rotatable bonds is 5. The number of ether oxygens (including phenoxy) is 2. The van der Waals surface area contributed by atoms with Gasteiger partial charge in [0.2, 0.25) is 0 Å². The third-order valence-electron chi connectivity index (χ3n) is 2.49. The van der Waals surface area contributed by atoms with Crippen LogP contribution in [0.5, 0.6) is 11.5 Å². The molecule has 0 unspecified atom stereocenters. The van der Waals surface area contributed by atoms with Gasteiger partial charge in [0.25, 0.3) is 0 Å². The van der Waals surface area contributed by atoms with Crippen LogP contribution in [-0.2, 0) is 11.2 Å². The Morgan fingerprint density at radius 1 is 1.25 bits per heavy atom. The minimum Gasteiger partial charge on any atom is -0.493 e. The minimum atomic E-state index is -4.86.